The van der Waals surface area contributed by atoms with E-state index in [2.05, 4.69) is 22.9 Å². The molecule has 0 aromatic carbocycles. The van der Waals surface area contributed by atoms with Crippen molar-refractivity contribution in [2.45, 2.75) is 148 Å². The summed E-state index contributed by atoms with van der Waals surface area (Å²) in [6, 6.07) is 0. The molecule has 3 nitrogen and oxygen atoms in total. The SMILES string of the molecule is CCCCCCCCCCCCCCCCC(=O)C(CBr)CCCCCCCC(=O)O. The molecule has 31 heavy (non-hydrogen) atoms. The number of unbranched alkanes of at least 4 members (excludes halogenated alkanes) is 17. The van der Waals surface area contributed by atoms with Crippen LogP contribution in [0.15, 0.2) is 0 Å². The summed E-state index contributed by atoms with van der Waals surface area (Å²) in [5.74, 6) is -0.101. The molecule has 0 spiro atoms. The van der Waals surface area contributed by atoms with E-state index in [1.54, 1.807) is 0 Å². The number of carbonyl (C=O) groups is 2. The van der Waals surface area contributed by atoms with Crippen LogP contribution < -0.4 is 0 Å². The van der Waals surface area contributed by atoms with Crippen molar-refractivity contribution in [3.05, 3.63) is 0 Å². The number of halogens is 1. The van der Waals surface area contributed by atoms with Crippen LogP contribution in [0.5, 0.6) is 0 Å². The van der Waals surface area contributed by atoms with Gasteiger partial charge in [-0.15, -0.1) is 0 Å². The van der Waals surface area contributed by atoms with E-state index in [1.165, 1.54) is 83.5 Å². The highest BCUT2D eigenvalue weighted by atomic mass is 79.9. The average Bonchev–Trinajstić information content (AvgIpc) is 2.75. The number of Topliss-reactive ketones (excluding diaryl/α,β-unsaturated/α-hetero) is 1. The van der Waals surface area contributed by atoms with Gasteiger partial charge in [-0.1, -0.05) is 132 Å². The Hall–Kier alpha value is -0.380. The Morgan fingerprint density at radius 2 is 1.00 bits per heavy atom. The third kappa shape index (κ3) is 22.6. The summed E-state index contributed by atoms with van der Waals surface area (Å²) in [5, 5.41) is 9.42. The minimum absolute atomic E-state index is 0.168. The first kappa shape index (κ1) is 30.6. The fraction of sp³-hybridized carbons (Fsp3) is 0.926. The summed E-state index contributed by atoms with van der Waals surface area (Å²) < 4.78 is 0. The standard InChI is InChI=1S/C27H51BrO3/c1-2-3-4-5-6-7-8-9-10-11-12-13-16-19-22-26(29)25(24-28)21-18-15-14-17-20-23-27(30)31/h25H,2-24H2,1H3,(H,30,31). The third-order valence-corrected chi connectivity index (χ3v) is 7.14. The Morgan fingerprint density at radius 3 is 1.42 bits per heavy atom. The molecule has 0 rings (SSSR count). The third-order valence-electron chi connectivity index (χ3n) is 6.36. The van der Waals surface area contributed by atoms with Crippen molar-refractivity contribution in [2.24, 2.45) is 5.92 Å². The summed E-state index contributed by atoms with van der Waals surface area (Å²) in [5.41, 5.74) is 0. The number of hydrogen-bond donors (Lipinski definition) is 1. The molecule has 0 fully saturated rings. The van der Waals surface area contributed by atoms with Gasteiger partial charge in [-0.2, -0.15) is 0 Å². The second kappa shape index (κ2) is 24.3. The molecule has 184 valence electrons. The largest absolute Gasteiger partial charge is 0.481 e. The van der Waals surface area contributed by atoms with E-state index in [0.29, 0.717) is 5.78 Å². The van der Waals surface area contributed by atoms with Gasteiger partial charge in [0.2, 0.25) is 0 Å². The second-order valence-corrected chi connectivity index (χ2v) is 10.0. The number of alkyl halides is 1. The predicted molar refractivity (Wildman–Crippen MR) is 137 cm³/mol. The van der Waals surface area contributed by atoms with Gasteiger partial charge in [0.1, 0.15) is 5.78 Å². The van der Waals surface area contributed by atoms with E-state index in [-0.39, 0.29) is 12.3 Å². The van der Waals surface area contributed by atoms with Crippen LogP contribution in [0.4, 0.5) is 0 Å². The fourth-order valence-corrected chi connectivity index (χ4v) is 4.90. The van der Waals surface area contributed by atoms with Gasteiger partial charge < -0.3 is 5.11 Å². The molecule has 1 unspecified atom stereocenters. The Bertz CT molecular complexity index is 411. The van der Waals surface area contributed by atoms with Crippen LogP contribution in [0, 0.1) is 5.92 Å². The van der Waals surface area contributed by atoms with Crippen LogP contribution in [0.25, 0.3) is 0 Å². The molecule has 0 aliphatic carbocycles. The summed E-state index contributed by atoms with van der Waals surface area (Å²) in [7, 11) is 0. The van der Waals surface area contributed by atoms with Gasteiger partial charge in [-0.05, 0) is 19.3 Å². The zero-order valence-electron chi connectivity index (χ0n) is 20.5. The van der Waals surface area contributed by atoms with Gasteiger partial charge in [0.05, 0.1) is 0 Å². The van der Waals surface area contributed by atoms with Gasteiger partial charge in [0, 0.05) is 24.1 Å². The summed E-state index contributed by atoms with van der Waals surface area (Å²) in [4.78, 5) is 22.9. The number of carboxylic acid groups (broad SMARTS) is 1. The number of hydrogen-bond acceptors (Lipinski definition) is 2. The minimum Gasteiger partial charge on any atom is -0.481 e. The van der Waals surface area contributed by atoms with Crippen molar-refractivity contribution in [1.29, 1.82) is 0 Å². The lowest BCUT2D eigenvalue weighted by molar-refractivity contribution is -0.137. The van der Waals surface area contributed by atoms with Crippen molar-refractivity contribution in [3.63, 3.8) is 0 Å². The second-order valence-electron chi connectivity index (χ2n) is 9.36. The molecule has 0 saturated carbocycles. The number of carbonyl (C=O) groups excluding carboxylic acids is 1. The molecule has 0 saturated heterocycles. The normalized spacial score (nSPS) is 12.2. The average molecular weight is 504 g/mol. The van der Waals surface area contributed by atoms with E-state index in [4.69, 9.17) is 5.11 Å². The maximum absolute atomic E-state index is 12.4. The molecule has 0 radical (unpaired) electrons. The molecule has 0 bridgehead atoms. The van der Waals surface area contributed by atoms with Crippen LogP contribution in [0.1, 0.15) is 148 Å². The van der Waals surface area contributed by atoms with E-state index < -0.39 is 5.97 Å². The molecule has 0 amide bonds. The van der Waals surface area contributed by atoms with E-state index >= 15 is 0 Å². The summed E-state index contributed by atoms with van der Waals surface area (Å²) in [6.45, 7) is 2.28. The molecular formula is C27H51BrO3. The molecule has 4 heteroatoms. The molecule has 0 heterocycles. The first-order valence-electron chi connectivity index (χ1n) is 13.4. The highest BCUT2D eigenvalue weighted by Crippen LogP contribution is 2.19. The van der Waals surface area contributed by atoms with Crippen molar-refractivity contribution >= 4 is 27.7 Å². The zero-order valence-corrected chi connectivity index (χ0v) is 22.1. The zero-order chi connectivity index (χ0) is 23.0. The van der Waals surface area contributed by atoms with Crippen LogP contribution >= 0.6 is 15.9 Å². The molecule has 1 N–H and O–H groups in total. The van der Waals surface area contributed by atoms with Crippen molar-refractivity contribution in [3.8, 4) is 0 Å². The molecule has 0 aromatic rings. The van der Waals surface area contributed by atoms with Gasteiger partial charge in [0.15, 0.2) is 0 Å². The summed E-state index contributed by atoms with van der Waals surface area (Å²) in [6.07, 6.45) is 25.9. The van der Waals surface area contributed by atoms with Gasteiger partial charge in [-0.25, -0.2) is 0 Å². The quantitative estimate of drug-likeness (QED) is 0.0998. The number of ketones is 1. The maximum Gasteiger partial charge on any atom is 0.303 e. The van der Waals surface area contributed by atoms with E-state index in [1.807, 2.05) is 0 Å². The highest BCUT2D eigenvalue weighted by Gasteiger charge is 2.16. The number of carboxylic acids is 1. The first-order valence-corrected chi connectivity index (χ1v) is 14.5. The molecular weight excluding hydrogens is 452 g/mol. The van der Waals surface area contributed by atoms with Crippen molar-refractivity contribution in [1.82, 2.24) is 0 Å². The lowest BCUT2D eigenvalue weighted by Gasteiger charge is -2.13. The Balaban J connectivity index is 3.44. The Kier molecular flexibility index (Phi) is 24.0. The fourth-order valence-electron chi connectivity index (χ4n) is 4.22. The van der Waals surface area contributed by atoms with Crippen LogP contribution in [-0.4, -0.2) is 22.2 Å². The molecule has 0 aliphatic rings. The van der Waals surface area contributed by atoms with Gasteiger partial charge in [0.25, 0.3) is 0 Å². The van der Waals surface area contributed by atoms with Gasteiger partial charge in [-0.3, -0.25) is 9.59 Å². The lowest BCUT2D eigenvalue weighted by Crippen LogP contribution is -2.15. The highest BCUT2D eigenvalue weighted by molar-refractivity contribution is 9.09. The summed E-state index contributed by atoms with van der Waals surface area (Å²) >= 11 is 3.52. The molecule has 0 aromatic heterocycles. The van der Waals surface area contributed by atoms with Gasteiger partial charge >= 0.3 is 5.97 Å². The smallest absolute Gasteiger partial charge is 0.303 e. The van der Waals surface area contributed by atoms with E-state index in [0.717, 1.165) is 56.7 Å². The van der Waals surface area contributed by atoms with E-state index in [9.17, 15) is 9.59 Å². The van der Waals surface area contributed by atoms with Crippen LogP contribution in [-0.2, 0) is 9.59 Å². The number of aliphatic carboxylic acids is 1. The van der Waals surface area contributed by atoms with Crippen LogP contribution in [0.2, 0.25) is 0 Å². The van der Waals surface area contributed by atoms with Crippen molar-refractivity contribution < 1.29 is 14.7 Å². The predicted octanol–water partition coefficient (Wildman–Crippen LogP) is 9.25. The monoisotopic (exact) mass is 502 g/mol. The minimum atomic E-state index is -0.701. The number of rotatable bonds is 25. The molecule has 0 aliphatic heterocycles. The lowest BCUT2D eigenvalue weighted by atomic mass is 9.94. The Morgan fingerprint density at radius 1 is 0.613 bits per heavy atom. The molecule has 1 atom stereocenters. The topological polar surface area (TPSA) is 54.4 Å². The Labute approximate surface area is 201 Å². The maximum atomic E-state index is 12.4. The van der Waals surface area contributed by atoms with Crippen molar-refractivity contribution in [2.75, 3.05) is 5.33 Å². The first-order chi connectivity index (χ1) is 15.1. The van der Waals surface area contributed by atoms with Crippen LogP contribution in [0.3, 0.4) is 0 Å².